The average Bonchev–Trinajstić information content (AvgIpc) is 2.36. The molecule has 0 saturated heterocycles. The monoisotopic (exact) mass is 246 g/mol. The normalized spacial score (nSPS) is 13.8. The van der Waals surface area contributed by atoms with E-state index in [1.807, 2.05) is 6.92 Å². The van der Waals surface area contributed by atoms with Crippen LogP contribution in [0.2, 0.25) is 0 Å². The van der Waals surface area contributed by atoms with Gasteiger partial charge >= 0.3 is 5.97 Å². The number of ether oxygens (including phenoxy) is 2. The molecule has 0 amide bonds. The maximum Gasteiger partial charge on any atom is 0.334 e. The summed E-state index contributed by atoms with van der Waals surface area (Å²) in [7, 11) is 0. The van der Waals surface area contributed by atoms with Crippen molar-refractivity contribution < 1.29 is 14.3 Å². The molecule has 17 heavy (non-hydrogen) atoms. The Kier molecular flexibility index (Phi) is 9.04. The van der Waals surface area contributed by atoms with Gasteiger partial charge in [0.05, 0.1) is 6.61 Å². The third-order valence-electron chi connectivity index (χ3n) is 2.02. The van der Waals surface area contributed by atoms with Gasteiger partial charge in [0.25, 0.3) is 0 Å². The van der Waals surface area contributed by atoms with Crippen LogP contribution >= 0.6 is 0 Å². The van der Waals surface area contributed by atoms with Crippen molar-refractivity contribution in [2.24, 2.45) is 10.4 Å². The first-order chi connectivity index (χ1) is 8.15. The van der Waals surface area contributed by atoms with E-state index in [4.69, 9.17) is 9.47 Å². The van der Waals surface area contributed by atoms with Crippen LogP contribution in [0.4, 0.5) is 0 Å². The van der Waals surface area contributed by atoms with Gasteiger partial charge in [-0.25, -0.2) is 4.79 Å². The highest BCUT2D eigenvalue weighted by Crippen LogP contribution is 1.99. The van der Waals surface area contributed by atoms with Crippen molar-refractivity contribution in [2.75, 3.05) is 19.8 Å². The van der Waals surface area contributed by atoms with Gasteiger partial charge in [-0.3, -0.25) is 0 Å². The summed E-state index contributed by atoms with van der Waals surface area (Å²) >= 11 is 0. The highest BCUT2D eigenvalue weighted by atomic mass is 16.5. The van der Waals surface area contributed by atoms with Gasteiger partial charge in [-0.1, -0.05) is 23.7 Å². The molecule has 0 N–H and O–H groups in total. The molecule has 0 heterocycles. The van der Waals surface area contributed by atoms with E-state index in [-0.39, 0.29) is 13.2 Å². The Balaban J connectivity index is 3.77. The van der Waals surface area contributed by atoms with Crippen LogP contribution in [0.3, 0.4) is 0 Å². The van der Waals surface area contributed by atoms with Gasteiger partial charge in [-0.05, 0) is 13.3 Å². The van der Waals surface area contributed by atoms with Crippen LogP contribution in [0.1, 0.15) is 26.7 Å². The fourth-order valence-electron chi connectivity index (χ4n) is 0.917. The Bertz CT molecular complexity index is 247. The Morgan fingerprint density at radius 1 is 1.24 bits per heavy atom. The topological polar surface area (TPSA) is 94.4 Å². The van der Waals surface area contributed by atoms with Crippen LogP contribution in [0, 0.1) is 9.81 Å². The lowest BCUT2D eigenvalue weighted by molar-refractivity contribution is -0.145. The quantitative estimate of drug-likeness (QED) is 0.331. The van der Waals surface area contributed by atoms with Crippen molar-refractivity contribution >= 4 is 5.97 Å². The standard InChI is InChI=1S/C10H18N2O5/c1-3-4-5-16-6-9(12-15)7-17-10(13)8(2)11-14/h8-9H,3-7H2,1-2H3/t8-,9+/m1/s1. The molecule has 0 aromatic rings. The first-order valence-corrected chi connectivity index (χ1v) is 5.55. The predicted molar refractivity (Wildman–Crippen MR) is 61.5 cm³/mol. The van der Waals surface area contributed by atoms with Crippen molar-refractivity contribution in [2.45, 2.75) is 38.8 Å². The summed E-state index contributed by atoms with van der Waals surface area (Å²) in [6.45, 7) is 3.81. The Hall–Kier alpha value is -1.37. The van der Waals surface area contributed by atoms with Gasteiger partial charge < -0.3 is 9.47 Å². The molecule has 0 rings (SSSR count). The van der Waals surface area contributed by atoms with Crippen LogP contribution < -0.4 is 0 Å². The van der Waals surface area contributed by atoms with E-state index in [9.17, 15) is 14.6 Å². The van der Waals surface area contributed by atoms with Gasteiger partial charge in [-0.15, -0.1) is 4.91 Å². The number of rotatable bonds is 10. The van der Waals surface area contributed by atoms with Gasteiger partial charge in [-0.2, -0.15) is 4.91 Å². The van der Waals surface area contributed by atoms with Crippen molar-refractivity contribution in [3.63, 3.8) is 0 Å². The predicted octanol–water partition coefficient (Wildman–Crippen LogP) is 1.64. The molecule has 0 aromatic heterocycles. The van der Waals surface area contributed by atoms with Gasteiger partial charge in [0.2, 0.25) is 0 Å². The number of hydrogen-bond donors (Lipinski definition) is 0. The molecular weight excluding hydrogens is 228 g/mol. The molecule has 0 bridgehead atoms. The van der Waals surface area contributed by atoms with Crippen LogP contribution in [-0.4, -0.2) is 37.9 Å². The molecule has 0 aliphatic heterocycles. The SMILES string of the molecule is CCCCOC[C@@H](COC(=O)[C@@H](C)N=O)N=O. The second-order valence-electron chi connectivity index (χ2n) is 3.60. The van der Waals surface area contributed by atoms with E-state index in [0.29, 0.717) is 6.61 Å². The van der Waals surface area contributed by atoms with Crippen molar-refractivity contribution in [1.82, 2.24) is 0 Å². The van der Waals surface area contributed by atoms with E-state index in [0.717, 1.165) is 12.8 Å². The number of unbranched alkanes of at least 4 members (excludes halogenated alkanes) is 1. The third kappa shape index (κ3) is 7.51. The molecule has 0 radical (unpaired) electrons. The van der Waals surface area contributed by atoms with E-state index in [1.165, 1.54) is 6.92 Å². The average molecular weight is 246 g/mol. The number of nitrogens with zero attached hydrogens (tertiary/aromatic N) is 2. The molecule has 0 unspecified atom stereocenters. The number of nitroso groups, excluding NO2 is 2. The molecule has 2 atom stereocenters. The largest absolute Gasteiger partial charge is 0.462 e. The van der Waals surface area contributed by atoms with Gasteiger partial charge in [0.15, 0.2) is 6.04 Å². The zero-order chi connectivity index (χ0) is 13.1. The fourth-order valence-corrected chi connectivity index (χ4v) is 0.917. The minimum Gasteiger partial charge on any atom is -0.462 e. The third-order valence-corrected chi connectivity index (χ3v) is 2.02. The molecule has 0 aliphatic rings. The summed E-state index contributed by atoms with van der Waals surface area (Å²) in [4.78, 5) is 31.5. The fraction of sp³-hybridized carbons (Fsp3) is 0.900. The second kappa shape index (κ2) is 9.83. The summed E-state index contributed by atoms with van der Waals surface area (Å²) in [5, 5.41) is 5.30. The highest BCUT2D eigenvalue weighted by Gasteiger charge is 2.18. The molecule has 0 saturated carbocycles. The minimum atomic E-state index is -1.07. The highest BCUT2D eigenvalue weighted by molar-refractivity contribution is 5.75. The lowest BCUT2D eigenvalue weighted by Gasteiger charge is -2.11. The van der Waals surface area contributed by atoms with E-state index in [2.05, 4.69) is 10.4 Å². The molecule has 7 nitrogen and oxygen atoms in total. The van der Waals surface area contributed by atoms with Gasteiger partial charge in [0.1, 0.15) is 12.6 Å². The summed E-state index contributed by atoms with van der Waals surface area (Å²) < 4.78 is 9.87. The number of carbonyl (C=O) groups is 1. The zero-order valence-corrected chi connectivity index (χ0v) is 10.1. The number of hydrogen-bond acceptors (Lipinski definition) is 7. The molecule has 0 spiro atoms. The summed E-state index contributed by atoms with van der Waals surface area (Å²) in [5.74, 6) is -0.762. The van der Waals surface area contributed by atoms with Gasteiger partial charge in [0, 0.05) is 6.61 Å². The first kappa shape index (κ1) is 15.6. The molecule has 7 heteroatoms. The van der Waals surface area contributed by atoms with Crippen LogP contribution in [-0.2, 0) is 14.3 Å². The number of carbonyl (C=O) groups excluding carboxylic acids is 1. The molecule has 0 aliphatic carbocycles. The Labute approximate surface area is 99.8 Å². The first-order valence-electron chi connectivity index (χ1n) is 5.55. The summed E-state index contributed by atoms with van der Waals surface area (Å²) in [6, 6.07) is -1.81. The molecule has 0 aromatic carbocycles. The smallest absolute Gasteiger partial charge is 0.334 e. The maximum absolute atomic E-state index is 11.1. The van der Waals surface area contributed by atoms with Crippen molar-refractivity contribution in [1.29, 1.82) is 0 Å². The zero-order valence-electron chi connectivity index (χ0n) is 10.1. The summed E-state index contributed by atoms with van der Waals surface area (Å²) in [5.41, 5.74) is 0. The molecular formula is C10H18N2O5. The lowest BCUT2D eigenvalue weighted by atomic mass is 10.3. The molecule has 98 valence electrons. The lowest BCUT2D eigenvalue weighted by Crippen LogP contribution is -2.26. The van der Waals surface area contributed by atoms with Crippen molar-refractivity contribution in [3.05, 3.63) is 9.81 Å². The Morgan fingerprint density at radius 3 is 2.47 bits per heavy atom. The maximum atomic E-state index is 11.1. The van der Waals surface area contributed by atoms with E-state index < -0.39 is 18.1 Å². The molecule has 0 fully saturated rings. The number of esters is 1. The van der Waals surface area contributed by atoms with E-state index in [1.54, 1.807) is 0 Å². The Morgan fingerprint density at radius 2 is 1.94 bits per heavy atom. The second-order valence-corrected chi connectivity index (χ2v) is 3.60. The van der Waals surface area contributed by atoms with Crippen LogP contribution in [0.25, 0.3) is 0 Å². The van der Waals surface area contributed by atoms with Crippen LogP contribution in [0.15, 0.2) is 10.4 Å². The van der Waals surface area contributed by atoms with E-state index >= 15 is 0 Å². The van der Waals surface area contributed by atoms with Crippen LogP contribution in [0.5, 0.6) is 0 Å². The van der Waals surface area contributed by atoms with Crippen molar-refractivity contribution in [3.8, 4) is 0 Å². The summed E-state index contributed by atoms with van der Waals surface area (Å²) in [6.07, 6.45) is 1.90. The minimum absolute atomic E-state index is 0.111.